The first kappa shape index (κ1) is 12.0. The van der Waals surface area contributed by atoms with Crippen LogP contribution in [0.2, 0.25) is 0 Å². The molecule has 0 saturated heterocycles. The highest BCUT2D eigenvalue weighted by Gasteiger charge is 2.11. The van der Waals surface area contributed by atoms with Gasteiger partial charge in [-0.3, -0.25) is 0 Å². The summed E-state index contributed by atoms with van der Waals surface area (Å²) in [6, 6.07) is 8.61. The molecule has 1 aromatic carbocycles. The van der Waals surface area contributed by atoms with Crippen LogP contribution in [0.25, 0.3) is 10.8 Å². The van der Waals surface area contributed by atoms with Gasteiger partial charge in [0.2, 0.25) is 0 Å². The molecule has 0 saturated carbocycles. The van der Waals surface area contributed by atoms with Crippen molar-refractivity contribution in [2.45, 2.75) is 25.3 Å². The van der Waals surface area contributed by atoms with E-state index in [0.717, 1.165) is 35.2 Å². The molecule has 0 fully saturated rings. The zero-order valence-electron chi connectivity index (χ0n) is 11.1. The summed E-state index contributed by atoms with van der Waals surface area (Å²) < 4.78 is 5.26. The average Bonchev–Trinajstić information content (AvgIpc) is 2.48. The quantitative estimate of drug-likeness (QED) is 0.847. The molecule has 1 N–H and O–H groups in total. The van der Waals surface area contributed by atoms with Crippen LogP contribution in [0.15, 0.2) is 42.6 Å². The minimum absolute atomic E-state index is 0.491. The van der Waals surface area contributed by atoms with Gasteiger partial charge in [0.05, 0.1) is 7.11 Å². The molecule has 1 unspecified atom stereocenters. The Morgan fingerprint density at radius 2 is 2.21 bits per heavy atom. The number of nitrogens with one attached hydrogen (secondary N) is 1. The Bertz CT molecular complexity index is 607. The number of allylic oxidation sites excluding steroid dienone is 1. The van der Waals surface area contributed by atoms with E-state index < -0.39 is 0 Å². The molecule has 1 aliphatic rings. The third-order valence-corrected chi connectivity index (χ3v) is 3.58. The van der Waals surface area contributed by atoms with Crippen LogP contribution in [-0.2, 0) is 0 Å². The highest BCUT2D eigenvalue weighted by atomic mass is 16.5. The van der Waals surface area contributed by atoms with E-state index in [1.807, 2.05) is 24.4 Å². The SMILES string of the molecule is COc1ccc2c(NC3CC=CCC3)nccc2c1. The minimum atomic E-state index is 0.491. The number of methoxy groups -OCH3 is 1. The topological polar surface area (TPSA) is 34.1 Å². The van der Waals surface area contributed by atoms with Gasteiger partial charge in [-0.2, -0.15) is 0 Å². The maximum atomic E-state index is 5.26. The van der Waals surface area contributed by atoms with Gasteiger partial charge in [0.25, 0.3) is 0 Å². The largest absolute Gasteiger partial charge is 0.497 e. The first-order valence-corrected chi connectivity index (χ1v) is 6.71. The Labute approximate surface area is 113 Å². The maximum absolute atomic E-state index is 5.26. The zero-order chi connectivity index (χ0) is 13.1. The van der Waals surface area contributed by atoms with Crippen LogP contribution in [0, 0.1) is 0 Å². The third kappa shape index (κ3) is 2.55. The molecule has 0 radical (unpaired) electrons. The van der Waals surface area contributed by atoms with Crippen LogP contribution in [0.4, 0.5) is 5.82 Å². The predicted molar refractivity (Wildman–Crippen MR) is 78.7 cm³/mol. The van der Waals surface area contributed by atoms with E-state index in [4.69, 9.17) is 4.74 Å². The van der Waals surface area contributed by atoms with E-state index >= 15 is 0 Å². The van der Waals surface area contributed by atoms with Crippen molar-refractivity contribution in [2.75, 3.05) is 12.4 Å². The summed E-state index contributed by atoms with van der Waals surface area (Å²) in [4.78, 5) is 4.48. The summed E-state index contributed by atoms with van der Waals surface area (Å²) in [5, 5.41) is 5.86. The number of aromatic nitrogens is 1. The van der Waals surface area contributed by atoms with Gasteiger partial charge in [0.1, 0.15) is 11.6 Å². The number of rotatable bonds is 3. The average molecular weight is 254 g/mol. The molecule has 0 bridgehead atoms. The molecule has 1 aromatic heterocycles. The summed E-state index contributed by atoms with van der Waals surface area (Å²) in [6.45, 7) is 0. The van der Waals surface area contributed by atoms with Gasteiger partial charge in [-0.05, 0) is 48.9 Å². The number of nitrogens with zero attached hydrogens (tertiary/aromatic N) is 1. The second-order valence-electron chi connectivity index (χ2n) is 4.87. The molecule has 1 heterocycles. The summed E-state index contributed by atoms with van der Waals surface area (Å²) in [5.74, 6) is 1.85. The van der Waals surface area contributed by atoms with Crippen molar-refractivity contribution in [2.24, 2.45) is 0 Å². The lowest BCUT2D eigenvalue weighted by Crippen LogP contribution is -2.21. The lowest BCUT2D eigenvalue weighted by molar-refractivity contribution is 0.415. The van der Waals surface area contributed by atoms with E-state index in [1.165, 1.54) is 6.42 Å². The molecule has 0 spiro atoms. The lowest BCUT2D eigenvalue weighted by Gasteiger charge is -2.20. The van der Waals surface area contributed by atoms with Gasteiger partial charge in [0, 0.05) is 17.6 Å². The van der Waals surface area contributed by atoms with Crippen molar-refractivity contribution in [3.8, 4) is 5.75 Å². The summed E-state index contributed by atoms with van der Waals surface area (Å²) >= 11 is 0. The van der Waals surface area contributed by atoms with Crippen molar-refractivity contribution >= 4 is 16.6 Å². The van der Waals surface area contributed by atoms with Crippen LogP contribution >= 0.6 is 0 Å². The smallest absolute Gasteiger partial charge is 0.134 e. The second kappa shape index (κ2) is 5.31. The molecule has 3 nitrogen and oxygen atoms in total. The standard InChI is InChI=1S/C16H18N2O/c1-19-14-7-8-15-12(11-14)9-10-17-16(15)18-13-5-3-2-4-6-13/h2-3,7-11,13H,4-6H2,1H3,(H,17,18). The van der Waals surface area contributed by atoms with Crippen molar-refractivity contribution < 1.29 is 4.74 Å². The highest BCUT2D eigenvalue weighted by molar-refractivity contribution is 5.92. The molecule has 2 aromatic rings. The van der Waals surface area contributed by atoms with E-state index in [1.54, 1.807) is 7.11 Å². The fourth-order valence-corrected chi connectivity index (χ4v) is 2.52. The minimum Gasteiger partial charge on any atom is -0.497 e. The Morgan fingerprint density at radius 3 is 3.00 bits per heavy atom. The van der Waals surface area contributed by atoms with Gasteiger partial charge in [-0.1, -0.05) is 12.2 Å². The third-order valence-electron chi connectivity index (χ3n) is 3.58. The predicted octanol–water partition coefficient (Wildman–Crippen LogP) is 3.76. The number of benzene rings is 1. The van der Waals surface area contributed by atoms with Crippen LogP contribution in [0.3, 0.4) is 0 Å². The van der Waals surface area contributed by atoms with Crippen LogP contribution in [-0.4, -0.2) is 18.1 Å². The fourth-order valence-electron chi connectivity index (χ4n) is 2.52. The molecular formula is C16H18N2O. The van der Waals surface area contributed by atoms with Crippen LogP contribution in [0.1, 0.15) is 19.3 Å². The molecule has 98 valence electrons. The molecule has 0 aliphatic heterocycles. The molecule has 3 rings (SSSR count). The maximum Gasteiger partial charge on any atom is 0.134 e. The molecule has 1 atom stereocenters. The van der Waals surface area contributed by atoms with Gasteiger partial charge < -0.3 is 10.1 Å². The van der Waals surface area contributed by atoms with Gasteiger partial charge >= 0.3 is 0 Å². The van der Waals surface area contributed by atoms with Crippen LogP contribution < -0.4 is 10.1 Å². The van der Waals surface area contributed by atoms with Crippen molar-refractivity contribution in [1.82, 2.24) is 4.98 Å². The van der Waals surface area contributed by atoms with E-state index in [9.17, 15) is 0 Å². The van der Waals surface area contributed by atoms with E-state index in [2.05, 4.69) is 28.5 Å². The first-order valence-electron chi connectivity index (χ1n) is 6.71. The van der Waals surface area contributed by atoms with Gasteiger partial charge in [0.15, 0.2) is 0 Å². The van der Waals surface area contributed by atoms with Crippen LogP contribution in [0.5, 0.6) is 5.75 Å². The number of anilines is 1. The number of hydrogen-bond donors (Lipinski definition) is 1. The number of ether oxygens (including phenoxy) is 1. The number of pyridine rings is 1. The normalized spacial score (nSPS) is 18.5. The monoisotopic (exact) mass is 254 g/mol. The Hall–Kier alpha value is -2.03. The lowest BCUT2D eigenvalue weighted by atomic mass is 10.0. The Balaban J connectivity index is 1.92. The zero-order valence-corrected chi connectivity index (χ0v) is 11.1. The molecule has 0 amide bonds. The van der Waals surface area contributed by atoms with Gasteiger partial charge in [-0.15, -0.1) is 0 Å². The van der Waals surface area contributed by atoms with E-state index in [-0.39, 0.29) is 0 Å². The fraction of sp³-hybridized carbons (Fsp3) is 0.312. The second-order valence-corrected chi connectivity index (χ2v) is 4.87. The molecule has 1 aliphatic carbocycles. The number of fused-ring (bicyclic) bond motifs is 1. The highest BCUT2D eigenvalue weighted by Crippen LogP contribution is 2.27. The van der Waals surface area contributed by atoms with Gasteiger partial charge in [-0.25, -0.2) is 4.98 Å². The summed E-state index contributed by atoms with van der Waals surface area (Å²) in [6.07, 6.45) is 9.74. The van der Waals surface area contributed by atoms with E-state index in [0.29, 0.717) is 6.04 Å². The molecule has 19 heavy (non-hydrogen) atoms. The van der Waals surface area contributed by atoms with Crippen molar-refractivity contribution in [3.63, 3.8) is 0 Å². The molecule has 3 heteroatoms. The first-order chi connectivity index (χ1) is 9.36. The summed E-state index contributed by atoms with van der Waals surface area (Å²) in [7, 11) is 1.69. The van der Waals surface area contributed by atoms with Crippen molar-refractivity contribution in [3.05, 3.63) is 42.6 Å². The Kier molecular flexibility index (Phi) is 3.36. The van der Waals surface area contributed by atoms with Crippen molar-refractivity contribution in [1.29, 1.82) is 0 Å². The number of hydrogen-bond acceptors (Lipinski definition) is 3. The Morgan fingerprint density at radius 1 is 1.26 bits per heavy atom. The molecular weight excluding hydrogens is 236 g/mol. The summed E-state index contributed by atoms with van der Waals surface area (Å²) in [5.41, 5.74) is 0.